The number of thioether (sulfide) groups is 1. The molecule has 0 saturated carbocycles. The minimum atomic E-state index is -0.243. The van der Waals surface area contributed by atoms with Gasteiger partial charge in [0.15, 0.2) is 11.0 Å². The first-order valence-corrected chi connectivity index (χ1v) is 12.6. The molecule has 1 aromatic heterocycles. The number of amides is 1. The molecule has 0 saturated heterocycles. The van der Waals surface area contributed by atoms with Crippen molar-refractivity contribution in [3.05, 3.63) is 65.5 Å². The lowest BCUT2D eigenvalue weighted by Gasteiger charge is -2.19. The van der Waals surface area contributed by atoms with Crippen molar-refractivity contribution < 1.29 is 19.0 Å². The summed E-state index contributed by atoms with van der Waals surface area (Å²) in [6.45, 7) is 11.1. The summed E-state index contributed by atoms with van der Waals surface area (Å²) in [7, 11) is 3.01. The van der Waals surface area contributed by atoms with Gasteiger partial charge in [-0.25, -0.2) is 0 Å². The van der Waals surface area contributed by atoms with Crippen molar-refractivity contribution in [2.75, 3.05) is 25.3 Å². The van der Waals surface area contributed by atoms with Crippen molar-refractivity contribution in [2.24, 2.45) is 0 Å². The molecule has 8 nitrogen and oxygen atoms in total. The molecule has 0 fully saturated rings. The normalized spacial score (nSPS) is 11.2. The van der Waals surface area contributed by atoms with Crippen LogP contribution in [0.15, 0.2) is 54.2 Å². The molecule has 192 valence electrons. The van der Waals surface area contributed by atoms with E-state index < -0.39 is 0 Å². The van der Waals surface area contributed by atoms with E-state index in [9.17, 15) is 4.79 Å². The van der Waals surface area contributed by atoms with Crippen LogP contribution in [0.3, 0.4) is 0 Å². The van der Waals surface area contributed by atoms with E-state index in [1.54, 1.807) is 18.2 Å². The maximum atomic E-state index is 12.7. The van der Waals surface area contributed by atoms with Crippen LogP contribution in [0.1, 0.15) is 32.2 Å². The molecule has 10 heteroatoms. The van der Waals surface area contributed by atoms with Gasteiger partial charge in [0.2, 0.25) is 5.91 Å². The standard InChI is InChI=1S/C26H31ClN4O4S/c1-7-12-31-23(15-35-18-10-8-17(9-11-18)26(2,3)4)29-30-25(31)36-16-24(32)28-20-14-21(33-5)19(27)13-22(20)34-6/h7-11,13-14H,1,12,15-16H2,2-6H3,(H,28,32). The van der Waals surface area contributed by atoms with Crippen molar-refractivity contribution >= 4 is 35.0 Å². The predicted octanol–water partition coefficient (Wildman–Crippen LogP) is 5.74. The first-order chi connectivity index (χ1) is 17.2. The number of ether oxygens (including phenoxy) is 3. The molecule has 36 heavy (non-hydrogen) atoms. The number of benzene rings is 2. The molecule has 0 radical (unpaired) electrons. The van der Waals surface area contributed by atoms with Crippen molar-refractivity contribution in [1.29, 1.82) is 0 Å². The number of carbonyl (C=O) groups is 1. The van der Waals surface area contributed by atoms with Crippen LogP contribution in [0.2, 0.25) is 5.02 Å². The van der Waals surface area contributed by atoms with E-state index >= 15 is 0 Å². The Morgan fingerprint density at radius 1 is 1.14 bits per heavy atom. The van der Waals surface area contributed by atoms with Gasteiger partial charge in [-0.05, 0) is 23.1 Å². The van der Waals surface area contributed by atoms with Gasteiger partial charge in [0.1, 0.15) is 23.9 Å². The lowest BCUT2D eigenvalue weighted by molar-refractivity contribution is -0.113. The number of anilines is 1. The number of halogens is 1. The van der Waals surface area contributed by atoms with Crippen LogP contribution < -0.4 is 19.5 Å². The SMILES string of the molecule is C=CCn1c(COc2ccc(C(C)(C)C)cc2)nnc1SCC(=O)Nc1cc(OC)c(Cl)cc1OC. The number of methoxy groups -OCH3 is 2. The smallest absolute Gasteiger partial charge is 0.234 e. The van der Waals surface area contributed by atoms with E-state index in [2.05, 4.69) is 55.0 Å². The molecule has 0 bridgehead atoms. The molecule has 1 amide bonds. The lowest BCUT2D eigenvalue weighted by atomic mass is 9.87. The van der Waals surface area contributed by atoms with Crippen LogP contribution >= 0.6 is 23.4 Å². The molecule has 0 spiro atoms. The van der Waals surface area contributed by atoms with Gasteiger partial charge in [-0.15, -0.1) is 16.8 Å². The molecule has 2 aromatic carbocycles. The number of rotatable bonds is 11. The second kappa shape index (κ2) is 12.2. The zero-order valence-electron chi connectivity index (χ0n) is 21.1. The number of nitrogens with one attached hydrogen (secondary N) is 1. The Bertz CT molecular complexity index is 1210. The van der Waals surface area contributed by atoms with E-state index in [0.717, 1.165) is 5.75 Å². The van der Waals surface area contributed by atoms with Crippen molar-refractivity contribution in [2.45, 2.75) is 44.5 Å². The van der Waals surface area contributed by atoms with Crippen LogP contribution in [0.25, 0.3) is 0 Å². The number of nitrogens with zero attached hydrogens (tertiary/aromatic N) is 3. The molecule has 0 aliphatic heterocycles. The van der Waals surface area contributed by atoms with Crippen LogP contribution in [-0.4, -0.2) is 40.6 Å². The summed E-state index contributed by atoms with van der Waals surface area (Å²) < 4.78 is 18.4. The quantitative estimate of drug-likeness (QED) is 0.250. The summed E-state index contributed by atoms with van der Waals surface area (Å²) >= 11 is 7.40. The summed E-state index contributed by atoms with van der Waals surface area (Å²) in [5, 5.41) is 12.3. The van der Waals surface area contributed by atoms with E-state index in [4.69, 9.17) is 25.8 Å². The molecule has 1 N–H and O–H groups in total. The second-order valence-corrected chi connectivity index (χ2v) is 10.2. The monoisotopic (exact) mass is 530 g/mol. The highest BCUT2D eigenvalue weighted by Gasteiger charge is 2.17. The van der Waals surface area contributed by atoms with Crippen LogP contribution in [-0.2, 0) is 23.4 Å². The van der Waals surface area contributed by atoms with E-state index in [1.165, 1.54) is 31.5 Å². The number of hydrogen-bond acceptors (Lipinski definition) is 7. The zero-order chi connectivity index (χ0) is 26.3. The third-order valence-corrected chi connectivity index (χ3v) is 6.54. The first kappa shape index (κ1) is 27.4. The molecule has 0 atom stereocenters. The van der Waals surface area contributed by atoms with Crippen LogP contribution in [0.4, 0.5) is 5.69 Å². The van der Waals surface area contributed by atoms with Crippen LogP contribution in [0.5, 0.6) is 17.2 Å². The predicted molar refractivity (Wildman–Crippen MR) is 144 cm³/mol. The molecular weight excluding hydrogens is 500 g/mol. The molecule has 0 aliphatic rings. The summed E-state index contributed by atoms with van der Waals surface area (Å²) in [5.74, 6) is 2.12. The lowest BCUT2D eigenvalue weighted by Crippen LogP contribution is -2.15. The molecule has 3 rings (SSSR count). The van der Waals surface area contributed by atoms with Gasteiger partial charge in [-0.1, -0.05) is 62.3 Å². The average Bonchev–Trinajstić information content (AvgIpc) is 3.23. The van der Waals surface area contributed by atoms with E-state index in [-0.39, 0.29) is 23.7 Å². The topological polar surface area (TPSA) is 87.5 Å². The van der Waals surface area contributed by atoms with Crippen molar-refractivity contribution in [3.8, 4) is 17.2 Å². The summed E-state index contributed by atoms with van der Waals surface area (Å²) in [4.78, 5) is 12.7. The van der Waals surface area contributed by atoms with E-state index in [0.29, 0.717) is 39.7 Å². The number of hydrogen-bond donors (Lipinski definition) is 1. The highest BCUT2D eigenvalue weighted by molar-refractivity contribution is 7.99. The fraction of sp³-hybridized carbons (Fsp3) is 0.346. The Hall–Kier alpha value is -3.17. The number of carbonyl (C=O) groups excluding carboxylic acids is 1. The second-order valence-electron chi connectivity index (χ2n) is 8.89. The average molecular weight is 531 g/mol. The van der Waals surface area contributed by atoms with Gasteiger partial charge in [-0.2, -0.15) is 0 Å². The first-order valence-electron chi connectivity index (χ1n) is 11.3. The molecule has 0 unspecified atom stereocenters. The van der Waals surface area contributed by atoms with Crippen LogP contribution in [0, 0.1) is 0 Å². The minimum absolute atomic E-state index is 0.0752. The van der Waals surface area contributed by atoms with Crippen molar-refractivity contribution in [1.82, 2.24) is 14.8 Å². The molecule has 0 aliphatic carbocycles. The fourth-order valence-corrected chi connectivity index (χ4v) is 4.32. The summed E-state index contributed by atoms with van der Waals surface area (Å²) in [6, 6.07) is 11.2. The highest BCUT2D eigenvalue weighted by atomic mass is 35.5. The minimum Gasteiger partial charge on any atom is -0.495 e. The Balaban J connectivity index is 1.64. The summed E-state index contributed by atoms with van der Waals surface area (Å²) in [6.07, 6.45) is 1.75. The highest BCUT2D eigenvalue weighted by Crippen LogP contribution is 2.36. The summed E-state index contributed by atoms with van der Waals surface area (Å²) in [5.41, 5.74) is 1.77. The Kier molecular flexibility index (Phi) is 9.28. The Morgan fingerprint density at radius 2 is 1.83 bits per heavy atom. The van der Waals surface area contributed by atoms with Gasteiger partial charge >= 0.3 is 0 Å². The van der Waals surface area contributed by atoms with Gasteiger partial charge in [0, 0.05) is 18.7 Å². The Labute approximate surface area is 221 Å². The Morgan fingerprint density at radius 3 is 2.44 bits per heavy atom. The largest absolute Gasteiger partial charge is 0.495 e. The molecule has 3 aromatic rings. The van der Waals surface area contributed by atoms with Gasteiger partial charge in [0.05, 0.1) is 30.7 Å². The maximum Gasteiger partial charge on any atom is 0.234 e. The van der Waals surface area contributed by atoms with E-state index in [1.807, 2.05) is 16.7 Å². The zero-order valence-corrected chi connectivity index (χ0v) is 22.7. The number of allylic oxidation sites excluding steroid dienone is 1. The van der Waals surface area contributed by atoms with Gasteiger partial charge in [-0.3, -0.25) is 9.36 Å². The third-order valence-electron chi connectivity index (χ3n) is 5.27. The van der Waals surface area contributed by atoms with Gasteiger partial charge < -0.3 is 19.5 Å². The fourth-order valence-electron chi connectivity index (χ4n) is 3.32. The third kappa shape index (κ3) is 6.95. The molecular formula is C26H31ClN4O4S. The number of aromatic nitrogens is 3. The molecule has 1 heterocycles. The maximum absolute atomic E-state index is 12.7. The van der Waals surface area contributed by atoms with Gasteiger partial charge in [0.25, 0.3) is 0 Å². The van der Waals surface area contributed by atoms with Crippen molar-refractivity contribution in [3.63, 3.8) is 0 Å².